The molecule has 0 bridgehead atoms. The van der Waals surface area contributed by atoms with Crippen molar-refractivity contribution in [1.82, 2.24) is 15.1 Å². The lowest BCUT2D eigenvalue weighted by molar-refractivity contribution is -0.133. The van der Waals surface area contributed by atoms with Crippen LogP contribution in [0.4, 0.5) is 0 Å². The summed E-state index contributed by atoms with van der Waals surface area (Å²) in [7, 11) is 0. The summed E-state index contributed by atoms with van der Waals surface area (Å²) < 4.78 is 0. The van der Waals surface area contributed by atoms with E-state index in [0.29, 0.717) is 18.5 Å². The molecule has 2 aliphatic heterocycles. The number of rotatable bonds is 7. The van der Waals surface area contributed by atoms with Gasteiger partial charge in [0, 0.05) is 38.0 Å². The Morgan fingerprint density at radius 1 is 0.871 bits per heavy atom. The third kappa shape index (κ3) is 6.31. The molecule has 1 aromatic carbocycles. The first-order chi connectivity index (χ1) is 15.2. The SMILES string of the molecule is O=C(NCc1ccccc1)C1CCN(C2CCN(C(=O)CCC3CCCC3)CC2)CC1. The highest BCUT2D eigenvalue weighted by atomic mass is 16.2. The molecule has 2 saturated heterocycles. The minimum absolute atomic E-state index is 0.136. The van der Waals surface area contributed by atoms with Crippen molar-refractivity contribution in [3.8, 4) is 0 Å². The van der Waals surface area contributed by atoms with E-state index in [1.807, 2.05) is 18.2 Å². The topological polar surface area (TPSA) is 52.7 Å². The van der Waals surface area contributed by atoms with E-state index in [1.165, 1.54) is 25.7 Å². The number of piperidine rings is 2. The molecule has 1 aromatic rings. The minimum atomic E-state index is 0.136. The van der Waals surface area contributed by atoms with E-state index < -0.39 is 0 Å². The van der Waals surface area contributed by atoms with Crippen LogP contribution in [0.15, 0.2) is 30.3 Å². The number of carbonyl (C=O) groups is 2. The van der Waals surface area contributed by atoms with Crippen molar-refractivity contribution in [2.75, 3.05) is 26.2 Å². The van der Waals surface area contributed by atoms with Crippen molar-refractivity contribution >= 4 is 11.8 Å². The van der Waals surface area contributed by atoms with Gasteiger partial charge in [0.05, 0.1) is 0 Å². The van der Waals surface area contributed by atoms with Gasteiger partial charge in [-0.25, -0.2) is 0 Å². The minimum Gasteiger partial charge on any atom is -0.352 e. The number of hydrogen-bond acceptors (Lipinski definition) is 3. The highest BCUT2D eigenvalue weighted by Crippen LogP contribution is 2.29. The first-order valence-electron chi connectivity index (χ1n) is 12.5. The van der Waals surface area contributed by atoms with E-state index in [0.717, 1.165) is 76.2 Å². The van der Waals surface area contributed by atoms with E-state index in [-0.39, 0.29) is 11.8 Å². The standard InChI is InChI=1S/C26H39N3O2/c30-25(11-10-21-6-4-5-7-21)29-18-14-24(15-19-29)28-16-12-23(13-17-28)26(31)27-20-22-8-2-1-3-9-22/h1-3,8-9,21,23-24H,4-7,10-20H2,(H,27,31). The quantitative estimate of drug-likeness (QED) is 0.719. The van der Waals surface area contributed by atoms with Gasteiger partial charge in [-0.1, -0.05) is 56.0 Å². The van der Waals surface area contributed by atoms with Crippen LogP contribution in [-0.4, -0.2) is 53.8 Å². The zero-order valence-electron chi connectivity index (χ0n) is 18.9. The molecule has 2 amide bonds. The highest BCUT2D eigenvalue weighted by molar-refractivity contribution is 5.78. The fourth-order valence-electron chi connectivity index (χ4n) is 5.72. The second-order valence-corrected chi connectivity index (χ2v) is 9.81. The zero-order chi connectivity index (χ0) is 21.5. The average molecular weight is 426 g/mol. The predicted octanol–water partition coefficient (Wildman–Crippen LogP) is 3.98. The van der Waals surface area contributed by atoms with Crippen LogP contribution in [0.1, 0.15) is 69.8 Å². The maximum atomic E-state index is 12.6. The second-order valence-electron chi connectivity index (χ2n) is 9.81. The van der Waals surface area contributed by atoms with Crippen molar-refractivity contribution in [3.63, 3.8) is 0 Å². The van der Waals surface area contributed by atoms with Gasteiger partial charge < -0.3 is 15.1 Å². The molecule has 5 heteroatoms. The van der Waals surface area contributed by atoms with E-state index in [9.17, 15) is 9.59 Å². The van der Waals surface area contributed by atoms with Crippen LogP contribution >= 0.6 is 0 Å². The molecule has 0 unspecified atom stereocenters. The number of hydrogen-bond donors (Lipinski definition) is 1. The number of amides is 2. The fraction of sp³-hybridized carbons (Fsp3) is 0.692. The Morgan fingerprint density at radius 2 is 1.55 bits per heavy atom. The van der Waals surface area contributed by atoms with Crippen molar-refractivity contribution in [2.45, 2.75) is 76.8 Å². The largest absolute Gasteiger partial charge is 0.352 e. The molecular weight excluding hydrogens is 386 g/mol. The van der Waals surface area contributed by atoms with Crippen LogP contribution in [0, 0.1) is 11.8 Å². The maximum Gasteiger partial charge on any atom is 0.223 e. The van der Waals surface area contributed by atoms with Gasteiger partial charge in [0.2, 0.25) is 11.8 Å². The van der Waals surface area contributed by atoms with Crippen LogP contribution in [0.25, 0.3) is 0 Å². The molecule has 0 spiro atoms. The van der Waals surface area contributed by atoms with E-state index in [1.54, 1.807) is 0 Å². The van der Waals surface area contributed by atoms with Crippen LogP contribution in [-0.2, 0) is 16.1 Å². The number of carbonyl (C=O) groups excluding carboxylic acids is 2. The van der Waals surface area contributed by atoms with Gasteiger partial charge in [-0.05, 0) is 56.7 Å². The van der Waals surface area contributed by atoms with Crippen LogP contribution in [0.5, 0.6) is 0 Å². The molecule has 3 fully saturated rings. The number of nitrogens with one attached hydrogen (secondary N) is 1. The van der Waals surface area contributed by atoms with Gasteiger partial charge in [0.15, 0.2) is 0 Å². The molecule has 2 heterocycles. The summed E-state index contributed by atoms with van der Waals surface area (Å²) >= 11 is 0. The number of nitrogens with zero attached hydrogens (tertiary/aromatic N) is 2. The molecule has 0 aromatic heterocycles. The lowest BCUT2D eigenvalue weighted by atomic mass is 9.92. The van der Waals surface area contributed by atoms with Gasteiger partial charge in [-0.3, -0.25) is 9.59 Å². The smallest absolute Gasteiger partial charge is 0.223 e. The van der Waals surface area contributed by atoms with Crippen molar-refractivity contribution < 1.29 is 9.59 Å². The maximum absolute atomic E-state index is 12.6. The van der Waals surface area contributed by atoms with Crippen molar-refractivity contribution in [1.29, 1.82) is 0 Å². The summed E-state index contributed by atoms with van der Waals surface area (Å²) in [5, 5.41) is 3.11. The summed E-state index contributed by atoms with van der Waals surface area (Å²) in [6.07, 6.45) is 11.3. The zero-order valence-corrected chi connectivity index (χ0v) is 18.9. The van der Waals surface area contributed by atoms with E-state index >= 15 is 0 Å². The van der Waals surface area contributed by atoms with Crippen molar-refractivity contribution in [2.24, 2.45) is 11.8 Å². The number of likely N-dealkylation sites (tertiary alicyclic amines) is 2. The first kappa shape index (κ1) is 22.3. The molecule has 31 heavy (non-hydrogen) atoms. The molecular formula is C26H39N3O2. The Hall–Kier alpha value is -1.88. The van der Waals surface area contributed by atoms with E-state index in [4.69, 9.17) is 0 Å². The Bertz CT molecular complexity index is 701. The highest BCUT2D eigenvalue weighted by Gasteiger charge is 2.31. The molecule has 1 N–H and O–H groups in total. The Balaban J connectivity index is 1.13. The van der Waals surface area contributed by atoms with Gasteiger partial charge in [0.25, 0.3) is 0 Å². The van der Waals surface area contributed by atoms with Crippen LogP contribution < -0.4 is 5.32 Å². The molecule has 5 nitrogen and oxygen atoms in total. The van der Waals surface area contributed by atoms with Crippen LogP contribution in [0.3, 0.4) is 0 Å². The van der Waals surface area contributed by atoms with Crippen molar-refractivity contribution in [3.05, 3.63) is 35.9 Å². The predicted molar refractivity (Wildman–Crippen MR) is 123 cm³/mol. The fourth-order valence-corrected chi connectivity index (χ4v) is 5.72. The first-order valence-corrected chi connectivity index (χ1v) is 12.5. The normalized spacial score (nSPS) is 22.0. The summed E-state index contributed by atoms with van der Waals surface area (Å²) in [5.74, 6) is 1.51. The van der Waals surface area contributed by atoms with Gasteiger partial charge in [0.1, 0.15) is 0 Å². The molecule has 0 atom stereocenters. The summed E-state index contributed by atoms with van der Waals surface area (Å²) in [5.41, 5.74) is 1.15. The van der Waals surface area contributed by atoms with Gasteiger partial charge in [-0.15, -0.1) is 0 Å². The monoisotopic (exact) mass is 425 g/mol. The Kier molecular flexibility index (Phi) is 8.01. The van der Waals surface area contributed by atoms with Crippen LogP contribution in [0.2, 0.25) is 0 Å². The molecule has 1 saturated carbocycles. The molecule has 4 rings (SSSR count). The molecule has 3 aliphatic rings. The molecule has 1 aliphatic carbocycles. The Labute approximate surface area is 187 Å². The Morgan fingerprint density at radius 3 is 2.23 bits per heavy atom. The third-order valence-corrected chi connectivity index (χ3v) is 7.78. The lowest BCUT2D eigenvalue weighted by Gasteiger charge is -2.41. The summed E-state index contributed by atoms with van der Waals surface area (Å²) in [6.45, 7) is 4.44. The van der Waals surface area contributed by atoms with Gasteiger partial charge in [-0.2, -0.15) is 0 Å². The van der Waals surface area contributed by atoms with Gasteiger partial charge >= 0.3 is 0 Å². The summed E-state index contributed by atoms with van der Waals surface area (Å²) in [4.78, 5) is 29.8. The average Bonchev–Trinajstić information content (AvgIpc) is 3.36. The molecule has 170 valence electrons. The second kappa shape index (κ2) is 11.1. The number of benzene rings is 1. The lowest BCUT2D eigenvalue weighted by Crippen LogP contribution is -2.50. The summed E-state index contributed by atoms with van der Waals surface area (Å²) in [6, 6.07) is 10.7. The third-order valence-electron chi connectivity index (χ3n) is 7.78. The van der Waals surface area contributed by atoms with E-state index in [2.05, 4.69) is 27.2 Å². The molecule has 0 radical (unpaired) electrons.